The number of hydrogen-bond donors (Lipinski definition) is 0. The summed E-state index contributed by atoms with van der Waals surface area (Å²) in [6, 6.07) is 10.0. The molecule has 0 aliphatic heterocycles. The van der Waals surface area contributed by atoms with Gasteiger partial charge in [-0.1, -0.05) is 0 Å². The minimum absolute atomic E-state index is 0.246. The molecule has 0 atom stereocenters. The quantitative estimate of drug-likeness (QED) is 0.689. The van der Waals surface area contributed by atoms with E-state index >= 15 is 0 Å². The Morgan fingerprint density at radius 1 is 1.06 bits per heavy atom. The van der Waals surface area contributed by atoms with Crippen LogP contribution in [0.4, 0.5) is 4.39 Å². The number of hydrogen-bond acceptors (Lipinski definition) is 2. The fraction of sp³-hybridized carbons (Fsp3) is 0.0714. The van der Waals surface area contributed by atoms with Gasteiger partial charge >= 0.3 is 0 Å². The van der Waals surface area contributed by atoms with Gasteiger partial charge < -0.3 is 9.14 Å². The van der Waals surface area contributed by atoms with Crippen molar-refractivity contribution in [3.63, 3.8) is 0 Å². The SMILES string of the molecule is COc1ccc2nc(-c3ccc([18F])cc3)cn2c1. The summed E-state index contributed by atoms with van der Waals surface area (Å²) < 4.78 is 19.9. The normalized spacial score (nSPS) is 10.8. The van der Waals surface area contributed by atoms with Gasteiger partial charge in [0.25, 0.3) is 0 Å². The summed E-state index contributed by atoms with van der Waals surface area (Å²) in [4.78, 5) is 4.47. The van der Waals surface area contributed by atoms with Gasteiger partial charge in [-0.15, -0.1) is 0 Å². The lowest BCUT2D eigenvalue weighted by atomic mass is 10.2. The van der Waals surface area contributed by atoms with Gasteiger partial charge in [0, 0.05) is 11.8 Å². The molecule has 0 spiro atoms. The van der Waals surface area contributed by atoms with Crippen molar-refractivity contribution in [3.8, 4) is 17.0 Å². The topological polar surface area (TPSA) is 26.5 Å². The van der Waals surface area contributed by atoms with Gasteiger partial charge in [-0.3, -0.25) is 0 Å². The van der Waals surface area contributed by atoms with Crippen LogP contribution in [0.3, 0.4) is 0 Å². The minimum Gasteiger partial charge on any atom is -0.495 e. The Morgan fingerprint density at radius 2 is 1.83 bits per heavy atom. The minimum atomic E-state index is -0.246. The number of aromatic nitrogens is 2. The Hall–Kier alpha value is -2.36. The first-order valence-electron chi connectivity index (χ1n) is 5.55. The summed E-state index contributed by atoms with van der Waals surface area (Å²) in [6.45, 7) is 0. The van der Waals surface area contributed by atoms with Crippen molar-refractivity contribution in [1.82, 2.24) is 9.38 Å². The maximum atomic E-state index is 12.9. The second kappa shape index (κ2) is 4.14. The number of rotatable bonds is 2. The number of halogens is 1. The van der Waals surface area contributed by atoms with Crippen molar-refractivity contribution in [2.24, 2.45) is 0 Å². The van der Waals surface area contributed by atoms with Crippen LogP contribution in [0, 0.1) is 5.82 Å². The molecule has 90 valence electrons. The van der Waals surface area contributed by atoms with E-state index in [-0.39, 0.29) is 5.82 Å². The first-order valence-corrected chi connectivity index (χ1v) is 5.55. The monoisotopic (exact) mass is 241 g/mol. The Morgan fingerprint density at radius 3 is 2.56 bits per heavy atom. The number of imidazole rings is 1. The molecule has 4 heteroatoms. The molecule has 3 aromatic rings. The van der Waals surface area contributed by atoms with E-state index in [4.69, 9.17) is 4.74 Å². The third-order valence-electron chi connectivity index (χ3n) is 2.80. The van der Waals surface area contributed by atoms with Gasteiger partial charge in [0.1, 0.15) is 17.2 Å². The molecule has 1 aromatic carbocycles. The number of benzene rings is 1. The summed E-state index contributed by atoms with van der Waals surface area (Å²) in [5.41, 5.74) is 2.53. The fourth-order valence-electron chi connectivity index (χ4n) is 1.85. The molecule has 0 amide bonds. The van der Waals surface area contributed by atoms with Crippen LogP contribution in [0.25, 0.3) is 16.9 Å². The standard InChI is InChI=1S/C14H11FN2O/c1-18-12-6-7-14-16-13(9-17(14)8-12)10-2-4-11(15)5-3-10/h2-9H,1H3/i15-1. The molecule has 2 heterocycles. The molecule has 0 unspecified atom stereocenters. The molecule has 18 heavy (non-hydrogen) atoms. The van der Waals surface area contributed by atoms with Crippen LogP contribution in [-0.4, -0.2) is 16.5 Å². The first-order chi connectivity index (χ1) is 8.76. The summed E-state index contributed by atoms with van der Waals surface area (Å²) in [5.74, 6) is 0.523. The van der Waals surface area contributed by atoms with Gasteiger partial charge in [0.05, 0.1) is 19.0 Å². The number of ether oxygens (including phenoxy) is 1. The Kier molecular flexibility index (Phi) is 2.48. The smallest absolute Gasteiger partial charge is 0.137 e. The van der Waals surface area contributed by atoms with Crippen molar-refractivity contribution >= 4 is 5.65 Å². The second-order valence-electron chi connectivity index (χ2n) is 3.97. The molecular weight excluding hydrogens is 230 g/mol. The highest BCUT2D eigenvalue weighted by Crippen LogP contribution is 2.21. The fourth-order valence-corrected chi connectivity index (χ4v) is 1.85. The van der Waals surface area contributed by atoms with Gasteiger partial charge in [-0.25, -0.2) is 9.37 Å². The predicted octanol–water partition coefficient (Wildman–Crippen LogP) is 3.15. The van der Waals surface area contributed by atoms with E-state index in [2.05, 4.69) is 4.98 Å². The van der Waals surface area contributed by atoms with E-state index < -0.39 is 0 Å². The summed E-state index contributed by atoms with van der Waals surface area (Å²) in [6.07, 6.45) is 3.75. The largest absolute Gasteiger partial charge is 0.495 e. The molecule has 0 bridgehead atoms. The van der Waals surface area contributed by atoms with E-state index in [0.29, 0.717) is 0 Å². The first kappa shape index (κ1) is 10.8. The van der Waals surface area contributed by atoms with Crippen LogP contribution in [0.2, 0.25) is 0 Å². The highest BCUT2D eigenvalue weighted by molar-refractivity contribution is 5.62. The van der Waals surface area contributed by atoms with Crippen LogP contribution in [0.5, 0.6) is 5.75 Å². The maximum absolute atomic E-state index is 12.9. The van der Waals surface area contributed by atoms with Crippen LogP contribution < -0.4 is 4.74 Å². The molecule has 0 saturated heterocycles. The molecule has 3 nitrogen and oxygen atoms in total. The van der Waals surface area contributed by atoms with Gasteiger partial charge in [-0.2, -0.15) is 0 Å². The molecule has 0 N–H and O–H groups in total. The van der Waals surface area contributed by atoms with Gasteiger partial charge in [-0.05, 0) is 36.4 Å². The average molecular weight is 241 g/mol. The van der Waals surface area contributed by atoms with Crippen molar-refractivity contribution in [2.45, 2.75) is 0 Å². The Labute approximate surface area is 103 Å². The van der Waals surface area contributed by atoms with Crippen LogP contribution >= 0.6 is 0 Å². The van der Waals surface area contributed by atoms with Crippen molar-refractivity contribution < 1.29 is 9.13 Å². The van der Waals surface area contributed by atoms with Crippen molar-refractivity contribution in [1.29, 1.82) is 0 Å². The number of pyridine rings is 1. The lowest BCUT2D eigenvalue weighted by Gasteiger charge is -1.98. The van der Waals surface area contributed by atoms with E-state index in [1.807, 2.05) is 28.9 Å². The maximum Gasteiger partial charge on any atom is 0.137 e. The third-order valence-corrected chi connectivity index (χ3v) is 2.80. The molecule has 0 saturated carbocycles. The molecule has 0 aliphatic rings. The van der Waals surface area contributed by atoms with Crippen LogP contribution in [0.1, 0.15) is 0 Å². The van der Waals surface area contributed by atoms with Crippen molar-refractivity contribution in [3.05, 3.63) is 54.6 Å². The zero-order chi connectivity index (χ0) is 12.5. The number of methoxy groups -OCH3 is 1. The lowest BCUT2D eigenvalue weighted by molar-refractivity contribution is 0.412. The van der Waals surface area contributed by atoms with Gasteiger partial charge in [0.2, 0.25) is 0 Å². The zero-order valence-electron chi connectivity index (χ0n) is 9.80. The summed E-state index contributed by atoms with van der Waals surface area (Å²) in [5, 5.41) is 0. The summed E-state index contributed by atoms with van der Waals surface area (Å²) >= 11 is 0. The molecule has 0 fully saturated rings. The van der Waals surface area contributed by atoms with Crippen LogP contribution in [-0.2, 0) is 0 Å². The van der Waals surface area contributed by atoms with E-state index in [1.54, 1.807) is 19.2 Å². The Bertz CT molecular complexity index is 689. The predicted molar refractivity (Wildman–Crippen MR) is 67.1 cm³/mol. The van der Waals surface area contributed by atoms with Crippen LogP contribution in [0.15, 0.2) is 48.8 Å². The van der Waals surface area contributed by atoms with Gasteiger partial charge in [0.15, 0.2) is 0 Å². The zero-order valence-corrected chi connectivity index (χ0v) is 9.80. The highest BCUT2D eigenvalue weighted by atomic mass is 18.2. The number of fused-ring (bicyclic) bond motifs is 1. The molecule has 0 aliphatic carbocycles. The number of nitrogens with zero attached hydrogens (tertiary/aromatic N) is 2. The summed E-state index contributed by atoms with van der Waals surface area (Å²) in [7, 11) is 1.62. The van der Waals surface area contributed by atoms with E-state index in [9.17, 15) is 4.39 Å². The van der Waals surface area contributed by atoms with Crippen molar-refractivity contribution in [2.75, 3.05) is 7.11 Å². The second-order valence-corrected chi connectivity index (χ2v) is 3.97. The lowest BCUT2D eigenvalue weighted by Crippen LogP contribution is -1.86. The molecule has 3 rings (SSSR count). The Balaban J connectivity index is 2.10. The third kappa shape index (κ3) is 1.82. The van der Waals surface area contributed by atoms with E-state index in [1.165, 1.54) is 12.1 Å². The van der Waals surface area contributed by atoms with E-state index in [0.717, 1.165) is 22.7 Å². The molecule has 2 aromatic heterocycles. The molecule has 0 radical (unpaired) electrons. The highest BCUT2D eigenvalue weighted by Gasteiger charge is 2.05. The molecular formula is C14H11FN2O. The average Bonchev–Trinajstić information content (AvgIpc) is 2.82.